The minimum Gasteiger partial charge on any atom is -0.486 e. The molecular formula is C18H13ClN4O3. The number of furan rings is 1. The molecule has 1 fully saturated rings. The van der Waals surface area contributed by atoms with Crippen molar-refractivity contribution in [3.63, 3.8) is 0 Å². The highest BCUT2D eigenvalue weighted by atomic mass is 35.5. The molecule has 1 spiro atoms. The Morgan fingerprint density at radius 3 is 2.65 bits per heavy atom. The van der Waals surface area contributed by atoms with Crippen molar-refractivity contribution in [1.29, 1.82) is 0 Å². The molecule has 7 nitrogen and oxygen atoms in total. The van der Waals surface area contributed by atoms with Gasteiger partial charge in [-0.1, -0.05) is 29.8 Å². The molecule has 0 radical (unpaired) electrons. The molecule has 1 aliphatic heterocycles. The van der Waals surface area contributed by atoms with Crippen molar-refractivity contribution in [3.05, 3.63) is 35.5 Å². The first-order chi connectivity index (χ1) is 12.7. The molecule has 3 aromatic heterocycles. The third kappa shape index (κ3) is 1.97. The lowest BCUT2D eigenvalue weighted by Gasteiger charge is -2.08. The first-order valence-corrected chi connectivity index (χ1v) is 8.80. The Balaban J connectivity index is 1.54. The summed E-state index contributed by atoms with van der Waals surface area (Å²) in [7, 11) is 0. The number of para-hydroxylation sites is 1. The second kappa shape index (κ2) is 4.88. The van der Waals surface area contributed by atoms with Crippen LogP contribution in [0.5, 0.6) is 11.5 Å². The Morgan fingerprint density at radius 2 is 1.85 bits per heavy atom. The Morgan fingerprint density at radius 1 is 1.04 bits per heavy atom. The van der Waals surface area contributed by atoms with Gasteiger partial charge in [-0.25, -0.2) is 0 Å². The SMILES string of the molecule is Clc1nn2c(-c3cc4ccccc4o3)nnc2c2c1OCC1(CC1)CO2. The van der Waals surface area contributed by atoms with Crippen LogP contribution in [-0.4, -0.2) is 33.0 Å². The van der Waals surface area contributed by atoms with Crippen LogP contribution in [-0.2, 0) is 0 Å². The second-order valence-electron chi connectivity index (χ2n) is 6.93. The molecule has 6 rings (SSSR count). The molecule has 0 unspecified atom stereocenters. The first-order valence-electron chi connectivity index (χ1n) is 8.42. The molecule has 26 heavy (non-hydrogen) atoms. The third-order valence-electron chi connectivity index (χ3n) is 5.07. The number of nitrogens with zero attached hydrogens (tertiary/aromatic N) is 4. The van der Waals surface area contributed by atoms with Crippen LogP contribution in [0.2, 0.25) is 5.15 Å². The Labute approximate surface area is 152 Å². The Kier molecular flexibility index (Phi) is 2.70. The lowest BCUT2D eigenvalue weighted by Crippen LogP contribution is -2.17. The van der Waals surface area contributed by atoms with Gasteiger partial charge in [0, 0.05) is 10.8 Å². The predicted octanol–water partition coefficient (Wildman–Crippen LogP) is 3.74. The molecule has 1 aliphatic carbocycles. The molecule has 130 valence electrons. The summed E-state index contributed by atoms with van der Waals surface area (Å²) >= 11 is 6.38. The molecule has 0 saturated heterocycles. The fraction of sp³-hybridized carbons (Fsp3) is 0.278. The summed E-state index contributed by atoms with van der Waals surface area (Å²) in [5.41, 5.74) is 1.34. The van der Waals surface area contributed by atoms with Crippen LogP contribution in [0.15, 0.2) is 34.7 Å². The van der Waals surface area contributed by atoms with Crippen LogP contribution < -0.4 is 9.47 Å². The smallest absolute Gasteiger partial charge is 0.224 e. The van der Waals surface area contributed by atoms with E-state index in [1.165, 1.54) is 0 Å². The van der Waals surface area contributed by atoms with Gasteiger partial charge in [-0.3, -0.25) is 0 Å². The zero-order valence-electron chi connectivity index (χ0n) is 13.6. The monoisotopic (exact) mass is 368 g/mol. The highest BCUT2D eigenvalue weighted by Gasteiger charge is 2.47. The van der Waals surface area contributed by atoms with E-state index in [2.05, 4.69) is 15.3 Å². The quantitative estimate of drug-likeness (QED) is 0.509. The van der Waals surface area contributed by atoms with Gasteiger partial charge in [0.05, 0.1) is 13.2 Å². The molecule has 1 aromatic carbocycles. The Bertz CT molecular complexity index is 1150. The fourth-order valence-corrected chi connectivity index (χ4v) is 3.52. The van der Waals surface area contributed by atoms with E-state index in [1.54, 1.807) is 4.52 Å². The van der Waals surface area contributed by atoms with Crippen molar-refractivity contribution in [2.45, 2.75) is 12.8 Å². The molecular weight excluding hydrogens is 356 g/mol. The van der Waals surface area contributed by atoms with Crippen LogP contribution in [0.25, 0.3) is 28.2 Å². The van der Waals surface area contributed by atoms with Gasteiger partial charge in [0.25, 0.3) is 0 Å². The summed E-state index contributed by atoms with van der Waals surface area (Å²) in [5, 5.41) is 14.1. The van der Waals surface area contributed by atoms with Gasteiger partial charge in [0.15, 0.2) is 10.9 Å². The zero-order valence-corrected chi connectivity index (χ0v) is 14.4. The number of ether oxygens (including phenoxy) is 2. The van der Waals surface area contributed by atoms with E-state index in [1.807, 2.05) is 30.3 Å². The Hall–Kier alpha value is -2.80. The van der Waals surface area contributed by atoms with E-state index in [0.717, 1.165) is 23.8 Å². The first kappa shape index (κ1) is 14.4. The summed E-state index contributed by atoms with van der Waals surface area (Å²) in [5.74, 6) is 1.96. The van der Waals surface area contributed by atoms with Crippen molar-refractivity contribution in [3.8, 4) is 23.1 Å². The maximum atomic E-state index is 6.38. The maximum absolute atomic E-state index is 6.38. The van der Waals surface area contributed by atoms with Gasteiger partial charge in [-0.05, 0) is 25.0 Å². The van der Waals surface area contributed by atoms with Crippen molar-refractivity contribution < 1.29 is 13.9 Å². The number of halogens is 1. The van der Waals surface area contributed by atoms with Gasteiger partial charge in [-0.15, -0.1) is 15.3 Å². The molecule has 0 amide bonds. The van der Waals surface area contributed by atoms with Crippen LogP contribution >= 0.6 is 11.6 Å². The van der Waals surface area contributed by atoms with Crippen LogP contribution in [0.1, 0.15) is 12.8 Å². The van der Waals surface area contributed by atoms with Crippen LogP contribution in [0.3, 0.4) is 0 Å². The summed E-state index contributed by atoms with van der Waals surface area (Å²) < 4.78 is 19.4. The van der Waals surface area contributed by atoms with E-state index in [-0.39, 0.29) is 10.6 Å². The molecule has 2 aliphatic rings. The van der Waals surface area contributed by atoms with Crippen molar-refractivity contribution >= 4 is 28.2 Å². The molecule has 4 heterocycles. The normalized spacial score (nSPS) is 17.7. The summed E-state index contributed by atoms with van der Waals surface area (Å²) in [4.78, 5) is 0. The van der Waals surface area contributed by atoms with Gasteiger partial charge in [-0.2, -0.15) is 4.52 Å². The maximum Gasteiger partial charge on any atom is 0.224 e. The highest BCUT2D eigenvalue weighted by Crippen LogP contribution is 2.50. The largest absolute Gasteiger partial charge is 0.486 e. The van der Waals surface area contributed by atoms with Gasteiger partial charge in [0.1, 0.15) is 5.58 Å². The van der Waals surface area contributed by atoms with Gasteiger partial charge >= 0.3 is 0 Å². The van der Waals surface area contributed by atoms with E-state index in [4.69, 9.17) is 25.5 Å². The second-order valence-corrected chi connectivity index (χ2v) is 7.29. The standard InChI is InChI=1S/C18H13ClN4O3/c19-15-13-14(25-9-18(5-6-18)8-24-13)17-21-20-16(23(17)22-15)12-7-10-3-1-2-4-11(10)26-12/h1-4,7H,5-6,8-9H2. The minimum atomic E-state index is 0.0981. The summed E-state index contributed by atoms with van der Waals surface area (Å²) in [6.45, 7) is 1.17. The third-order valence-corrected chi connectivity index (χ3v) is 5.32. The number of hydrogen-bond acceptors (Lipinski definition) is 6. The fourth-order valence-electron chi connectivity index (χ4n) is 3.30. The average Bonchev–Trinajstić information content (AvgIpc) is 3.16. The van der Waals surface area contributed by atoms with Crippen LogP contribution in [0, 0.1) is 5.41 Å². The summed E-state index contributed by atoms with van der Waals surface area (Å²) in [6.07, 6.45) is 2.19. The topological polar surface area (TPSA) is 74.7 Å². The highest BCUT2D eigenvalue weighted by molar-refractivity contribution is 6.31. The molecule has 4 aromatic rings. The lowest BCUT2D eigenvalue weighted by atomic mass is 10.1. The van der Waals surface area contributed by atoms with Gasteiger partial charge in [0.2, 0.25) is 23.0 Å². The van der Waals surface area contributed by atoms with Crippen molar-refractivity contribution in [2.24, 2.45) is 5.41 Å². The molecule has 0 N–H and O–H groups in total. The van der Waals surface area contributed by atoms with E-state index in [0.29, 0.717) is 41.9 Å². The van der Waals surface area contributed by atoms with Crippen LogP contribution in [0.4, 0.5) is 0 Å². The minimum absolute atomic E-state index is 0.0981. The predicted molar refractivity (Wildman–Crippen MR) is 93.7 cm³/mol. The van der Waals surface area contributed by atoms with E-state index >= 15 is 0 Å². The number of fused-ring (bicyclic) bond motifs is 4. The van der Waals surface area contributed by atoms with Crippen molar-refractivity contribution in [1.82, 2.24) is 19.8 Å². The van der Waals surface area contributed by atoms with Crippen molar-refractivity contribution in [2.75, 3.05) is 13.2 Å². The number of aromatic nitrogens is 4. The van der Waals surface area contributed by atoms with E-state index < -0.39 is 0 Å². The van der Waals surface area contributed by atoms with Gasteiger partial charge < -0.3 is 13.9 Å². The number of benzene rings is 1. The number of hydrogen-bond donors (Lipinski definition) is 0. The molecule has 8 heteroatoms. The molecule has 1 saturated carbocycles. The average molecular weight is 369 g/mol. The summed E-state index contributed by atoms with van der Waals surface area (Å²) in [6, 6.07) is 9.66. The molecule has 0 bridgehead atoms. The van der Waals surface area contributed by atoms with E-state index in [9.17, 15) is 0 Å². The zero-order chi connectivity index (χ0) is 17.3. The molecule has 0 atom stereocenters. The number of rotatable bonds is 1. The lowest BCUT2D eigenvalue weighted by molar-refractivity contribution is 0.197.